The van der Waals surface area contributed by atoms with Crippen molar-refractivity contribution in [2.45, 2.75) is 39.2 Å². The van der Waals surface area contributed by atoms with Crippen LogP contribution in [0.2, 0.25) is 0 Å². The largest absolute Gasteiger partial charge is 0.496 e. The molecule has 1 aliphatic rings. The normalized spacial score (nSPS) is 22.8. The van der Waals surface area contributed by atoms with E-state index in [1.807, 2.05) is 0 Å². The fourth-order valence-corrected chi connectivity index (χ4v) is 3.29. The summed E-state index contributed by atoms with van der Waals surface area (Å²) in [7, 11) is 2.92. The molecule has 6 nitrogen and oxygen atoms in total. The highest BCUT2D eigenvalue weighted by molar-refractivity contribution is 5.96. The Labute approximate surface area is 148 Å². The van der Waals surface area contributed by atoms with Gasteiger partial charge in [0.2, 0.25) is 0 Å². The van der Waals surface area contributed by atoms with Crippen LogP contribution in [-0.2, 0) is 9.53 Å². The Balaban J connectivity index is 1.95. The summed E-state index contributed by atoms with van der Waals surface area (Å²) in [5.41, 5.74) is 0.181. The highest BCUT2D eigenvalue weighted by Crippen LogP contribution is 2.30. The minimum Gasteiger partial charge on any atom is -0.496 e. The maximum Gasteiger partial charge on any atom is 0.346 e. The zero-order valence-electron chi connectivity index (χ0n) is 15.3. The number of nitrogens with one attached hydrogen (secondary N) is 1. The molecule has 1 N–H and O–H groups in total. The van der Waals surface area contributed by atoms with Crippen molar-refractivity contribution in [3.05, 3.63) is 23.8 Å². The van der Waals surface area contributed by atoms with E-state index in [-0.39, 0.29) is 24.1 Å². The van der Waals surface area contributed by atoms with E-state index in [1.165, 1.54) is 20.6 Å². The number of carbonyl (C=O) groups is 2. The smallest absolute Gasteiger partial charge is 0.346 e. The molecule has 1 aliphatic carbocycles. The number of hydrogen-bond acceptors (Lipinski definition) is 5. The van der Waals surface area contributed by atoms with Crippen molar-refractivity contribution in [1.29, 1.82) is 0 Å². The van der Waals surface area contributed by atoms with Crippen LogP contribution >= 0.6 is 0 Å². The van der Waals surface area contributed by atoms with Gasteiger partial charge in [-0.2, -0.15) is 0 Å². The van der Waals surface area contributed by atoms with Crippen LogP contribution in [0.15, 0.2) is 18.2 Å². The molecule has 1 fully saturated rings. The van der Waals surface area contributed by atoms with Gasteiger partial charge in [0.15, 0.2) is 6.61 Å². The number of ether oxygens (including phenoxy) is 3. The molecule has 0 radical (unpaired) electrons. The molecule has 1 aromatic carbocycles. The molecule has 0 bridgehead atoms. The minimum atomic E-state index is -0.644. The zero-order valence-corrected chi connectivity index (χ0v) is 15.3. The van der Waals surface area contributed by atoms with Crippen LogP contribution < -0.4 is 14.8 Å². The van der Waals surface area contributed by atoms with Crippen molar-refractivity contribution in [2.24, 2.45) is 11.8 Å². The molecule has 0 saturated heterocycles. The van der Waals surface area contributed by atoms with E-state index in [0.717, 1.165) is 12.8 Å². The van der Waals surface area contributed by atoms with Crippen LogP contribution in [0.25, 0.3) is 0 Å². The molecule has 0 aromatic heterocycles. The van der Waals surface area contributed by atoms with Gasteiger partial charge in [0, 0.05) is 6.04 Å². The second-order valence-electron chi connectivity index (χ2n) is 6.55. The van der Waals surface area contributed by atoms with Crippen LogP contribution in [0.3, 0.4) is 0 Å². The minimum absolute atomic E-state index is 0.135. The van der Waals surface area contributed by atoms with Crippen LogP contribution in [0, 0.1) is 11.8 Å². The van der Waals surface area contributed by atoms with Gasteiger partial charge in [-0.1, -0.05) is 32.8 Å². The van der Waals surface area contributed by atoms with Gasteiger partial charge in [-0.05, 0) is 30.4 Å². The van der Waals surface area contributed by atoms with Crippen LogP contribution in [0.5, 0.6) is 11.5 Å². The lowest BCUT2D eigenvalue weighted by molar-refractivity contribution is -0.125. The summed E-state index contributed by atoms with van der Waals surface area (Å²) in [6, 6.07) is 5.14. The zero-order chi connectivity index (χ0) is 18.4. The molecule has 1 saturated carbocycles. The summed E-state index contributed by atoms with van der Waals surface area (Å²) in [6.45, 7) is 4.04. The number of rotatable bonds is 6. The Hall–Kier alpha value is -2.24. The molecule has 6 heteroatoms. The number of esters is 1. The predicted molar refractivity (Wildman–Crippen MR) is 93.9 cm³/mol. The molecule has 2 rings (SSSR count). The first-order valence-corrected chi connectivity index (χ1v) is 8.65. The van der Waals surface area contributed by atoms with Crippen molar-refractivity contribution >= 4 is 11.9 Å². The molecular weight excluding hydrogens is 322 g/mol. The van der Waals surface area contributed by atoms with Crippen molar-refractivity contribution in [3.8, 4) is 11.5 Å². The van der Waals surface area contributed by atoms with Gasteiger partial charge in [0.25, 0.3) is 5.91 Å². The van der Waals surface area contributed by atoms with Gasteiger partial charge in [-0.3, -0.25) is 4.79 Å². The Bertz CT molecular complexity index is 594. The van der Waals surface area contributed by atoms with Crippen LogP contribution in [0.4, 0.5) is 0 Å². The Morgan fingerprint density at radius 1 is 1.12 bits per heavy atom. The monoisotopic (exact) mass is 349 g/mol. The molecule has 0 spiro atoms. The second-order valence-corrected chi connectivity index (χ2v) is 6.55. The van der Waals surface area contributed by atoms with E-state index in [2.05, 4.69) is 19.2 Å². The molecule has 0 heterocycles. The summed E-state index contributed by atoms with van der Waals surface area (Å²) >= 11 is 0. The van der Waals surface area contributed by atoms with E-state index in [4.69, 9.17) is 14.2 Å². The summed E-state index contributed by atoms with van der Waals surface area (Å²) in [5, 5.41) is 2.98. The van der Waals surface area contributed by atoms with Gasteiger partial charge in [-0.15, -0.1) is 0 Å². The van der Waals surface area contributed by atoms with E-state index < -0.39 is 5.97 Å². The van der Waals surface area contributed by atoms with E-state index in [9.17, 15) is 9.59 Å². The molecule has 0 aliphatic heterocycles. The van der Waals surface area contributed by atoms with Crippen molar-refractivity contribution in [1.82, 2.24) is 5.32 Å². The highest BCUT2D eigenvalue weighted by Gasteiger charge is 2.28. The Morgan fingerprint density at radius 3 is 2.36 bits per heavy atom. The molecule has 25 heavy (non-hydrogen) atoms. The van der Waals surface area contributed by atoms with E-state index in [1.54, 1.807) is 18.2 Å². The van der Waals surface area contributed by atoms with Crippen LogP contribution in [0.1, 0.15) is 43.5 Å². The van der Waals surface area contributed by atoms with E-state index >= 15 is 0 Å². The fraction of sp³-hybridized carbons (Fsp3) is 0.579. The summed E-state index contributed by atoms with van der Waals surface area (Å²) in [4.78, 5) is 24.5. The maximum absolute atomic E-state index is 12.4. The van der Waals surface area contributed by atoms with Crippen molar-refractivity contribution < 1.29 is 23.8 Å². The van der Waals surface area contributed by atoms with Gasteiger partial charge in [0.05, 0.1) is 14.2 Å². The number of methoxy groups -OCH3 is 2. The molecule has 3 atom stereocenters. The molecule has 1 amide bonds. The third kappa shape index (κ3) is 4.65. The summed E-state index contributed by atoms with van der Waals surface area (Å²) in [5.74, 6) is 0.767. The topological polar surface area (TPSA) is 73.9 Å². The Kier molecular flexibility index (Phi) is 6.67. The second kappa shape index (κ2) is 8.74. The lowest BCUT2D eigenvalue weighted by Gasteiger charge is -2.34. The fourth-order valence-electron chi connectivity index (χ4n) is 3.29. The molecule has 0 unspecified atom stereocenters. The average Bonchev–Trinajstić information content (AvgIpc) is 2.62. The van der Waals surface area contributed by atoms with E-state index in [0.29, 0.717) is 23.3 Å². The molecular formula is C19H27NO5. The van der Waals surface area contributed by atoms with Crippen molar-refractivity contribution in [3.63, 3.8) is 0 Å². The van der Waals surface area contributed by atoms with Crippen LogP contribution in [-0.4, -0.2) is 38.7 Å². The molecule has 138 valence electrons. The third-order valence-electron chi connectivity index (χ3n) is 5.02. The van der Waals surface area contributed by atoms with Gasteiger partial charge >= 0.3 is 5.97 Å². The first-order chi connectivity index (χ1) is 12.0. The number of carbonyl (C=O) groups excluding carboxylic acids is 2. The maximum atomic E-state index is 12.4. The Morgan fingerprint density at radius 2 is 1.76 bits per heavy atom. The first-order valence-electron chi connectivity index (χ1n) is 8.65. The van der Waals surface area contributed by atoms with Gasteiger partial charge < -0.3 is 19.5 Å². The molecule has 1 aromatic rings. The standard InChI is InChI=1S/C19H27NO5/c1-12-7-5-8-14(13(12)2)20-17(21)11-25-19(22)18-15(23-3)9-6-10-16(18)24-4/h6,9-10,12-14H,5,7-8,11H2,1-4H3,(H,20,21)/t12-,13+,14+/m0/s1. The third-order valence-corrected chi connectivity index (χ3v) is 5.02. The first kappa shape index (κ1) is 19.1. The predicted octanol–water partition coefficient (Wildman–Crippen LogP) is 2.80. The summed E-state index contributed by atoms with van der Waals surface area (Å²) in [6.07, 6.45) is 3.26. The van der Waals surface area contributed by atoms with Gasteiger partial charge in [0.1, 0.15) is 17.1 Å². The number of hydrogen-bond donors (Lipinski definition) is 1. The lowest BCUT2D eigenvalue weighted by atomic mass is 9.78. The quantitative estimate of drug-likeness (QED) is 0.800. The number of benzene rings is 1. The van der Waals surface area contributed by atoms with Crippen molar-refractivity contribution in [2.75, 3.05) is 20.8 Å². The highest BCUT2D eigenvalue weighted by atomic mass is 16.5. The SMILES string of the molecule is COc1cccc(OC)c1C(=O)OCC(=O)N[C@@H]1CCC[C@H](C)[C@H]1C. The summed E-state index contributed by atoms with van der Waals surface area (Å²) < 4.78 is 15.5. The lowest BCUT2D eigenvalue weighted by Crippen LogP contribution is -2.45. The number of amides is 1. The van der Waals surface area contributed by atoms with Gasteiger partial charge in [-0.25, -0.2) is 4.79 Å². The average molecular weight is 349 g/mol.